The van der Waals surface area contributed by atoms with Crippen LogP contribution in [0.4, 0.5) is 0 Å². The first-order chi connectivity index (χ1) is 6.01. The first kappa shape index (κ1) is 11.0. The molecule has 0 spiro atoms. The maximum atomic E-state index is 8.95. The van der Waals surface area contributed by atoms with Crippen molar-refractivity contribution in [3.05, 3.63) is 23.9 Å². The molecule has 0 aliphatic carbocycles. The summed E-state index contributed by atoms with van der Waals surface area (Å²) in [6.45, 7) is 6.89. The Kier molecular flexibility index (Phi) is 3.73. The fourth-order valence-corrected chi connectivity index (χ4v) is 4.35. The van der Waals surface area contributed by atoms with Crippen molar-refractivity contribution in [2.75, 3.05) is 0 Å². The minimum atomic E-state index is -0.611. The van der Waals surface area contributed by atoms with Gasteiger partial charge in [0.15, 0.2) is 0 Å². The molecule has 2 radical (unpaired) electrons. The van der Waals surface area contributed by atoms with Gasteiger partial charge in [0, 0.05) is 0 Å². The van der Waals surface area contributed by atoms with Gasteiger partial charge in [-0.05, 0) is 0 Å². The van der Waals surface area contributed by atoms with E-state index in [1.807, 2.05) is 12.1 Å². The van der Waals surface area contributed by atoms with Crippen molar-refractivity contribution >= 4 is 24.9 Å². The van der Waals surface area contributed by atoms with E-state index in [0.29, 0.717) is 3.43 Å². The molecule has 0 aliphatic heterocycles. The van der Waals surface area contributed by atoms with Crippen molar-refractivity contribution in [2.45, 2.75) is 30.8 Å². The summed E-state index contributed by atoms with van der Waals surface area (Å²) >= 11 is -0.611. The van der Waals surface area contributed by atoms with Crippen LogP contribution < -0.4 is 3.71 Å². The van der Waals surface area contributed by atoms with Crippen LogP contribution in [0, 0.1) is 0 Å². The average Bonchev–Trinajstić information content (AvgIpc) is 2.01. The Labute approximate surface area is 89.6 Å². The molecule has 13 heavy (non-hydrogen) atoms. The number of hydrogen-bond acceptors (Lipinski definition) is 2. The molecule has 0 unspecified atom stereocenters. The molecule has 1 aromatic heterocycles. The van der Waals surface area contributed by atoms with E-state index in [-0.39, 0.29) is 6.61 Å². The van der Waals surface area contributed by atoms with Crippen LogP contribution >= 0.6 is 0 Å². The van der Waals surface area contributed by atoms with E-state index in [4.69, 9.17) is 5.11 Å². The van der Waals surface area contributed by atoms with Crippen molar-refractivity contribution in [1.29, 1.82) is 0 Å². The van der Waals surface area contributed by atoms with Crippen molar-refractivity contribution in [2.24, 2.45) is 0 Å². The Morgan fingerprint density at radius 3 is 2.69 bits per heavy atom. The molecule has 0 aromatic carbocycles. The molecule has 70 valence electrons. The molecule has 0 fully saturated rings. The van der Waals surface area contributed by atoms with Gasteiger partial charge in [0.1, 0.15) is 0 Å². The molecule has 1 heterocycles. The standard InChI is InChI=1S/C6H6NO.C4H9.Sn/c8-5-6-1-3-7-4-2-6;1-4(2)3;/h1-3,8H,5H2;1-3H3;. The molecule has 1 aromatic rings. The van der Waals surface area contributed by atoms with Crippen LogP contribution in [-0.4, -0.2) is 31.2 Å². The SMILES string of the molecule is C[C](C)(C)[Sn][c]1cc(CO)ccn1. The second kappa shape index (κ2) is 4.42. The van der Waals surface area contributed by atoms with Gasteiger partial charge in [0.2, 0.25) is 0 Å². The Morgan fingerprint density at radius 2 is 2.15 bits per heavy atom. The van der Waals surface area contributed by atoms with Gasteiger partial charge in [0.05, 0.1) is 0 Å². The van der Waals surface area contributed by atoms with E-state index in [9.17, 15) is 0 Å². The van der Waals surface area contributed by atoms with Gasteiger partial charge in [0.25, 0.3) is 0 Å². The Balaban J connectivity index is 2.78. The topological polar surface area (TPSA) is 33.1 Å². The molecule has 0 amide bonds. The summed E-state index contributed by atoms with van der Waals surface area (Å²) < 4.78 is 1.65. The monoisotopic (exact) mass is 285 g/mol. The fraction of sp³-hybridized carbons (Fsp3) is 0.500. The van der Waals surface area contributed by atoms with Gasteiger partial charge in [-0.15, -0.1) is 0 Å². The normalized spacial score (nSPS) is 11.7. The van der Waals surface area contributed by atoms with Crippen LogP contribution in [0.3, 0.4) is 0 Å². The molecule has 0 saturated carbocycles. The number of aliphatic hydroxyl groups is 1. The third-order valence-corrected chi connectivity index (χ3v) is 5.16. The van der Waals surface area contributed by atoms with Crippen molar-refractivity contribution in [3.63, 3.8) is 0 Å². The summed E-state index contributed by atoms with van der Waals surface area (Å²) in [6.07, 6.45) is 1.80. The number of rotatable bonds is 2. The quantitative estimate of drug-likeness (QED) is 0.826. The molecule has 0 bridgehead atoms. The minimum absolute atomic E-state index is 0.124. The second-order valence-corrected chi connectivity index (χ2v) is 10.5. The van der Waals surface area contributed by atoms with Gasteiger partial charge >= 0.3 is 89.6 Å². The summed E-state index contributed by atoms with van der Waals surface area (Å²) in [4.78, 5) is 4.34. The first-order valence-corrected chi connectivity index (χ1v) is 7.21. The van der Waals surface area contributed by atoms with Crippen molar-refractivity contribution < 1.29 is 5.11 Å². The molecular weight excluding hydrogens is 269 g/mol. The van der Waals surface area contributed by atoms with E-state index < -0.39 is 21.1 Å². The zero-order valence-electron chi connectivity index (χ0n) is 8.33. The van der Waals surface area contributed by atoms with Crippen molar-refractivity contribution in [1.82, 2.24) is 4.98 Å². The molecule has 1 rings (SSSR count). The maximum absolute atomic E-state index is 8.95. The molecule has 1 N–H and O–H groups in total. The first-order valence-electron chi connectivity index (χ1n) is 4.35. The zero-order chi connectivity index (χ0) is 9.90. The predicted octanol–water partition coefficient (Wildman–Crippen LogP) is 1.12. The zero-order valence-corrected chi connectivity index (χ0v) is 11.2. The Bertz CT molecular complexity index is 280. The van der Waals surface area contributed by atoms with Crippen LogP contribution in [0.1, 0.15) is 26.3 Å². The van der Waals surface area contributed by atoms with Gasteiger partial charge in [-0.25, -0.2) is 0 Å². The molecule has 3 heteroatoms. The molecule has 2 nitrogen and oxygen atoms in total. The number of nitrogens with zero attached hydrogens (tertiary/aromatic N) is 1. The van der Waals surface area contributed by atoms with Crippen LogP contribution in [-0.2, 0) is 6.61 Å². The summed E-state index contributed by atoms with van der Waals surface area (Å²) in [7, 11) is 0. The van der Waals surface area contributed by atoms with E-state index in [0.717, 1.165) is 5.56 Å². The average molecular weight is 284 g/mol. The summed E-state index contributed by atoms with van der Waals surface area (Å²) in [5.74, 6) is 0. The van der Waals surface area contributed by atoms with Gasteiger partial charge in [-0.1, -0.05) is 0 Å². The van der Waals surface area contributed by atoms with E-state index in [1.54, 1.807) is 6.20 Å². The molecule has 0 atom stereocenters. The molecule has 0 aliphatic rings. The summed E-state index contributed by atoms with van der Waals surface area (Å²) in [5, 5.41) is 8.95. The van der Waals surface area contributed by atoms with Gasteiger partial charge in [-0.2, -0.15) is 0 Å². The molecular formula is C10H15NOSn. The molecule has 0 saturated heterocycles. The van der Waals surface area contributed by atoms with Crippen LogP contribution in [0.2, 0.25) is 3.43 Å². The summed E-state index contributed by atoms with van der Waals surface area (Å²) in [6, 6.07) is 3.91. The predicted molar refractivity (Wildman–Crippen MR) is 55.3 cm³/mol. The van der Waals surface area contributed by atoms with Crippen molar-refractivity contribution in [3.8, 4) is 0 Å². The second-order valence-electron chi connectivity index (χ2n) is 4.08. The Hall–Kier alpha value is -0.0913. The Morgan fingerprint density at radius 1 is 1.46 bits per heavy atom. The van der Waals surface area contributed by atoms with Crippen LogP contribution in [0.15, 0.2) is 18.3 Å². The van der Waals surface area contributed by atoms with E-state index in [1.165, 1.54) is 3.71 Å². The van der Waals surface area contributed by atoms with E-state index in [2.05, 4.69) is 25.8 Å². The van der Waals surface area contributed by atoms with E-state index >= 15 is 0 Å². The third-order valence-electron chi connectivity index (χ3n) is 1.51. The van der Waals surface area contributed by atoms with Crippen LogP contribution in [0.5, 0.6) is 0 Å². The third kappa shape index (κ3) is 4.09. The summed E-state index contributed by atoms with van der Waals surface area (Å²) in [5.41, 5.74) is 0.982. The number of aliphatic hydroxyl groups excluding tert-OH is 1. The fourth-order valence-electron chi connectivity index (χ4n) is 1.03. The number of pyridine rings is 1. The van der Waals surface area contributed by atoms with Crippen LogP contribution in [0.25, 0.3) is 0 Å². The van der Waals surface area contributed by atoms with Gasteiger partial charge in [-0.3, -0.25) is 0 Å². The number of hydrogen-bond donors (Lipinski definition) is 1. The number of aromatic nitrogens is 1. The van der Waals surface area contributed by atoms with Gasteiger partial charge < -0.3 is 0 Å².